The number of rotatable bonds is 2. The fourth-order valence-electron chi connectivity index (χ4n) is 1.75. The molecule has 70 valence electrons. The molecule has 2 N–H and O–H groups in total. The summed E-state index contributed by atoms with van der Waals surface area (Å²) in [7, 11) is 0. The van der Waals surface area contributed by atoms with Crippen molar-refractivity contribution >= 4 is 5.69 Å². The molecule has 2 nitrogen and oxygen atoms in total. The highest BCUT2D eigenvalue weighted by Crippen LogP contribution is 2.20. The first-order valence-corrected chi connectivity index (χ1v) is 4.98. The molecule has 0 aromatic heterocycles. The van der Waals surface area contributed by atoms with Crippen molar-refractivity contribution in [3.8, 4) is 0 Å². The van der Waals surface area contributed by atoms with Crippen LogP contribution in [0.4, 0.5) is 5.69 Å². The minimum absolute atomic E-state index is 0.458. The van der Waals surface area contributed by atoms with Crippen LogP contribution in [0.1, 0.15) is 25.3 Å². The molecule has 0 saturated carbocycles. The molecule has 0 spiro atoms. The summed E-state index contributed by atoms with van der Waals surface area (Å²) in [5, 5.41) is 6.95. The van der Waals surface area contributed by atoms with Crippen molar-refractivity contribution in [3.63, 3.8) is 0 Å². The number of benzene rings is 1. The van der Waals surface area contributed by atoms with E-state index in [0.717, 1.165) is 6.54 Å². The van der Waals surface area contributed by atoms with Crippen LogP contribution >= 0.6 is 0 Å². The van der Waals surface area contributed by atoms with Gasteiger partial charge >= 0.3 is 0 Å². The third-order valence-corrected chi connectivity index (χ3v) is 2.46. The van der Waals surface area contributed by atoms with Crippen molar-refractivity contribution < 1.29 is 0 Å². The fourth-order valence-corrected chi connectivity index (χ4v) is 1.75. The molecule has 1 unspecified atom stereocenters. The molecule has 1 heterocycles. The van der Waals surface area contributed by atoms with Gasteiger partial charge in [-0.3, -0.25) is 5.32 Å². The van der Waals surface area contributed by atoms with E-state index in [1.54, 1.807) is 0 Å². The fraction of sp³-hybridized carbons (Fsp3) is 0.455. The summed E-state index contributed by atoms with van der Waals surface area (Å²) in [5.41, 5.74) is 2.66. The van der Waals surface area contributed by atoms with Crippen LogP contribution in [0.15, 0.2) is 24.3 Å². The van der Waals surface area contributed by atoms with Crippen molar-refractivity contribution in [2.45, 2.75) is 32.5 Å². The van der Waals surface area contributed by atoms with Gasteiger partial charge in [-0.15, -0.1) is 0 Å². The number of nitrogens with one attached hydrogen (secondary N) is 2. The van der Waals surface area contributed by atoms with Gasteiger partial charge in [0.15, 0.2) is 0 Å². The molecule has 13 heavy (non-hydrogen) atoms. The third-order valence-electron chi connectivity index (χ3n) is 2.46. The van der Waals surface area contributed by atoms with Gasteiger partial charge in [0, 0.05) is 12.2 Å². The Balaban J connectivity index is 2.11. The van der Waals surface area contributed by atoms with E-state index >= 15 is 0 Å². The van der Waals surface area contributed by atoms with Crippen LogP contribution < -0.4 is 10.6 Å². The van der Waals surface area contributed by atoms with Crippen LogP contribution in [-0.2, 0) is 6.54 Å². The van der Waals surface area contributed by atoms with Crippen molar-refractivity contribution in [2.75, 3.05) is 5.32 Å². The first kappa shape index (κ1) is 8.57. The maximum Gasteiger partial charge on any atom is 0.0770 e. The summed E-state index contributed by atoms with van der Waals surface area (Å²) >= 11 is 0. The Labute approximate surface area is 79.4 Å². The Hall–Kier alpha value is -1.02. The lowest BCUT2D eigenvalue weighted by molar-refractivity contribution is 0.504. The van der Waals surface area contributed by atoms with E-state index in [4.69, 9.17) is 0 Å². The molecule has 1 aliphatic heterocycles. The van der Waals surface area contributed by atoms with E-state index in [9.17, 15) is 0 Å². The number of hydrogen-bond donors (Lipinski definition) is 2. The van der Waals surface area contributed by atoms with Crippen molar-refractivity contribution in [1.82, 2.24) is 5.32 Å². The predicted octanol–water partition coefficient (Wildman–Crippen LogP) is 2.33. The van der Waals surface area contributed by atoms with E-state index in [1.165, 1.54) is 24.1 Å². The lowest BCUT2D eigenvalue weighted by atomic mass is 10.1. The van der Waals surface area contributed by atoms with Crippen LogP contribution in [0.2, 0.25) is 0 Å². The third kappa shape index (κ3) is 1.83. The Morgan fingerprint density at radius 3 is 3.08 bits per heavy atom. The highest BCUT2D eigenvalue weighted by Gasteiger charge is 2.14. The quantitative estimate of drug-likeness (QED) is 0.722. The molecule has 0 fully saturated rings. The SMILES string of the molecule is CCCC1NCc2ccccc2N1. The molecule has 0 bridgehead atoms. The van der Waals surface area contributed by atoms with Crippen LogP contribution in [0.25, 0.3) is 0 Å². The van der Waals surface area contributed by atoms with Gasteiger partial charge in [0.2, 0.25) is 0 Å². The smallest absolute Gasteiger partial charge is 0.0770 e. The van der Waals surface area contributed by atoms with Gasteiger partial charge in [0.25, 0.3) is 0 Å². The molecule has 1 aliphatic rings. The minimum Gasteiger partial charge on any atom is -0.370 e. The van der Waals surface area contributed by atoms with Gasteiger partial charge in [-0.25, -0.2) is 0 Å². The highest BCUT2D eigenvalue weighted by atomic mass is 15.1. The van der Waals surface area contributed by atoms with Crippen LogP contribution in [0.5, 0.6) is 0 Å². The van der Waals surface area contributed by atoms with Gasteiger partial charge in [-0.05, 0) is 18.1 Å². The van der Waals surface area contributed by atoms with Gasteiger partial charge in [0.1, 0.15) is 0 Å². The zero-order chi connectivity index (χ0) is 9.10. The number of hydrogen-bond acceptors (Lipinski definition) is 2. The molecule has 0 radical (unpaired) electrons. The van der Waals surface area contributed by atoms with Gasteiger partial charge in [0.05, 0.1) is 6.17 Å². The zero-order valence-corrected chi connectivity index (χ0v) is 8.01. The van der Waals surface area contributed by atoms with Crippen LogP contribution in [0, 0.1) is 0 Å². The van der Waals surface area contributed by atoms with E-state index in [1.807, 2.05) is 0 Å². The molecule has 1 aromatic carbocycles. The normalized spacial score (nSPS) is 20.5. The van der Waals surface area contributed by atoms with E-state index in [2.05, 4.69) is 41.8 Å². The molecule has 2 heteroatoms. The Bertz CT molecular complexity index is 283. The summed E-state index contributed by atoms with van der Waals surface area (Å²) in [5.74, 6) is 0. The molecule has 1 atom stereocenters. The van der Waals surface area contributed by atoms with Crippen LogP contribution in [0.3, 0.4) is 0 Å². The van der Waals surface area contributed by atoms with Gasteiger partial charge < -0.3 is 5.32 Å². The molecule has 0 saturated heterocycles. The summed E-state index contributed by atoms with van der Waals surface area (Å²) < 4.78 is 0. The molecular formula is C11H16N2. The summed E-state index contributed by atoms with van der Waals surface area (Å²) in [6.45, 7) is 3.21. The maximum atomic E-state index is 3.49. The second-order valence-corrected chi connectivity index (χ2v) is 3.52. The topological polar surface area (TPSA) is 24.1 Å². The molecule has 2 rings (SSSR count). The number of fused-ring (bicyclic) bond motifs is 1. The lowest BCUT2D eigenvalue weighted by Gasteiger charge is -2.28. The molecule has 0 aliphatic carbocycles. The Kier molecular flexibility index (Phi) is 2.50. The highest BCUT2D eigenvalue weighted by molar-refractivity contribution is 5.53. The number of anilines is 1. The molecular weight excluding hydrogens is 160 g/mol. The first-order valence-electron chi connectivity index (χ1n) is 4.98. The minimum atomic E-state index is 0.458. The average molecular weight is 176 g/mol. The zero-order valence-electron chi connectivity index (χ0n) is 8.01. The van der Waals surface area contributed by atoms with Crippen molar-refractivity contribution in [3.05, 3.63) is 29.8 Å². The Morgan fingerprint density at radius 1 is 1.38 bits per heavy atom. The van der Waals surface area contributed by atoms with E-state index in [0.29, 0.717) is 6.17 Å². The Morgan fingerprint density at radius 2 is 2.23 bits per heavy atom. The molecule has 0 amide bonds. The largest absolute Gasteiger partial charge is 0.370 e. The molecule has 1 aromatic rings. The van der Waals surface area contributed by atoms with Crippen molar-refractivity contribution in [2.24, 2.45) is 0 Å². The second-order valence-electron chi connectivity index (χ2n) is 3.52. The summed E-state index contributed by atoms with van der Waals surface area (Å²) in [6.07, 6.45) is 2.86. The van der Waals surface area contributed by atoms with E-state index in [-0.39, 0.29) is 0 Å². The van der Waals surface area contributed by atoms with Crippen LogP contribution in [-0.4, -0.2) is 6.17 Å². The maximum absolute atomic E-state index is 3.49. The summed E-state index contributed by atoms with van der Waals surface area (Å²) in [4.78, 5) is 0. The van der Waals surface area contributed by atoms with Gasteiger partial charge in [-0.2, -0.15) is 0 Å². The monoisotopic (exact) mass is 176 g/mol. The standard InChI is InChI=1S/C11H16N2/c1-2-5-11-12-8-9-6-3-4-7-10(9)13-11/h3-4,6-7,11-13H,2,5,8H2,1H3. The average Bonchev–Trinajstić information content (AvgIpc) is 2.18. The van der Waals surface area contributed by atoms with Crippen molar-refractivity contribution in [1.29, 1.82) is 0 Å². The lowest BCUT2D eigenvalue weighted by Crippen LogP contribution is -2.39. The first-order chi connectivity index (χ1) is 6.40. The van der Waals surface area contributed by atoms with Gasteiger partial charge in [-0.1, -0.05) is 31.5 Å². The number of para-hydroxylation sites is 1. The predicted molar refractivity (Wildman–Crippen MR) is 55.6 cm³/mol. The second kappa shape index (κ2) is 3.79. The van der Waals surface area contributed by atoms with E-state index < -0.39 is 0 Å². The summed E-state index contributed by atoms with van der Waals surface area (Å²) in [6, 6.07) is 8.48.